The van der Waals surface area contributed by atoms with Crippen LogP contribution >= 0.6 is 0 Å². The van der Waals surface area contributed by atoms with Crippen LogP contribution in [0.15, 0.2) is 12.2 Å². The molecule has 0 heterocycles. The Morgan fingerprint density at radius 1 is 1.22 bits per heavy atom. The highest BCUT2D eigenvalue weighted by atomic mass is 16.5. The topological polar surface area (TPSA) is 46.5 Å². The van der Waals surface area contributed by atoms with Gasteiger partial charge in [-0.3, -0.25) is 4.79 Å². The third-order valence-corrected chi connectivity index (χ3v) is 2.95. The Balaban J connectivity index is 3.34. The molecule has 0 radical (unpaired) electrons. The van der Waals surface area contributed by atoms with Crippen molar-refractivity contribution in [3.8, 4) is 0 Å². The van der Waals surface area contributed by atoms with Crippen molar-refractivity contribution < 1.29 is 14.6 Å². The first kappa shape index (κ1) is 17.2. The lowest BCUT2D eigenvalue weighted by atomic mass is 10.1. The van der Waals surface area contributed by atoms with Gasteiger partial charge in [0.25, 0.3) is 0 Å². The maximum atomic E-state index is 10.8. The maximum Gasteiger partial charge on any atom is 0.305 e. The van der Waals surface area contributed by atoms with Crippen molar-refractivity contribution in [2.24, 2.45) is 0 Å². The molecule has 0 fully saturated rings. The second-order valence-electron chi connectivity index (χ2n) is 4.68. The highest BCUT2D eigenvalue weighted by molar-refractivity contribution is 5.68. The van der Waals surface area contributed by atoms with Gasteiger partial charge in [-0.05, 0) is 32.1 Å². The SMILES string of the molecule is CCCCCC(O)C/C=C/CCCCC(=O)OC. The van der Waals surface area contributed by atoms with E-state index in [4.69, 9.17) is 0 Å². The zero-order valence-corrected chi connectivity index (χ0v) is 11.9. The lowest BCUT2D eigenvalue weighted by Crippen LogP contribution is -2.04. The minimum Gasteiger partial charge on any atom is -0.469 e. The number of aliphatic hydroxyl groups is 1. The number of aliphatic hydroxyl groups excluding tert-OH is 1. The van der Waals surface area contributed by atoms with Gasteiger partial charge in [0.05, 0.1) is 13.2 Å². The number of ether oxygens (including phenoxy) is 1. The number of hydrogen-bond donors (Lipinski definition) is 1. The minimum atomic E-state index is -0.192. The first-order valence-corrected chi connectivity index (χ1v) is 7.10. The van der Waals surface area contributed by atoms with E-state index >= 15 is 0 Å². The number of allylic oxidation sites excluding steroid dienone is 1. The molecule has 0 aromatic heterocycles. The van der Waals surface area contributed by atoms with E-state index in [-0.39, 0.29) is 12.1 Å². The van der Waals surface area contributed by atoms with E-state index in [0.717, 1.165) is 38.5 Å². The van der Waals surface area contributed by atoms with E-state index in [9.17, 15) is 9.90 Å². The summed E-state index contributed by atoms with van der Waals surface area (Å²) in [4.78, 5) is 10.8. The number of methoxy groups -OCH3 is 1. The summed E-state index contributed by atoms with van der Waals surface area (Å²) in [7, 11) is 1.42. The largest absolute Gasteiger partial charge is 0.469 e. The molecule has 0 spiro atoms. The molecule has 0 aromatic carbocycles. The molecule has 1 atom stereocenters. The summed E-state index contributed by atoms with van der Waals surface area (Å²) in [5.41, 5.74) is 0. The van der Waals surface area contributed by atoms with Gasteiger partial charge in [-0.1, -0.05) is 38.3 Å². The fourth-order valence-electron chi connectivity index (χ4n) is 1.75. The van der Waals surface area contributed by atoms with Crippen LogP contribution in [-0.2, 0) is 9.53 Å². The van der Waals surface area contributed by atoms with Gasteiger partial charge >= 0.3 is 5.97 Å². The molecule has 3 heteroatoms. The quantitative estimate of drug-likeness (QED) is 0.349. The zero-order chi connectivity index (χ0) is 13.6. The van der Waals surface area contributed by atoms with Crippen LogP contribution in [0.3, 0.4) is 0 Å². The Morgan fingerprint density at radius 2 is 2.00 bits per heavy atom. The molecule has 0 aliphatic rings. The predicted molar refractivity (Wildman–Crippen MR) is 74.4 cm³/mol. The first-order chi connectivity index (χ1) is 8.70. The first-order valence-electron chi connectivity index (χ1n) is 7.10. The van der Waals surface area contributed by atoms with E-state index in [1.165, 1.54) is 20.0 Å². The Kier molecular flexibility index (Phi) is 12.0. The Bertz CT molecular complexity index is 224. The number of carbonyl (C=O) groups excluding carboxylic acids is 1. The summed E-state index contributed by atoms with van der Waals surface area (Å²) in [5.74, 6) is -0.134. The van der Waals surface area contributed by atoms with Gasteiger partial charge in [0.15, 0.2) is 0 Å². The molecule has 0 aliphatic heterocycles. The molecule has 106 valence electrons. The van der Waals surface area contributed by atoms with Crippen molar-refractivity contribution in [1.29, 1.82) is 0 Å². The summed E-state index contributed by atoms with van der Waals surface area (Å²) in [6.45, 7) is 2.17. The highest BCUT2D eigenvalue weighted by Gasteiger charge is 2.00. The van der Waals surface area contributed by atoms with Crippen molar-refractivity contribution in [3.63, 3.8) is 0 Å². The monoisotopic (exact) mass is 256 g/mol. The van der Waals surface area contributed by atoms with Gasteiger partial charge in [-0.15, -0.1) is 0 Å². The fraction of sp³-hybridized carbons (Fsp3) is 0.800. The molecule has 0 saturated carbocycles. The molecule has 1 N–H and O–H groups in total. The van der Waals surface area contributed by atoms with Crippen molar-refractivity contribution in [2.75, 3.05) is 7.11 Å². The predicted octanol–water partition coefficient (Wildman–Crippen LogP) is 3.61. The van der Waals surface area contributed by atoms with Crippen LogP contribution < -0.4 is 0 Å². The van der Waals surface area contributed by atoms with Gasteiger partial charge in [0, 0.05) is 6.42 Å². The summed E-state index contributed by atoms with van der Waals surface area (Å²) in [6.07, 6.45) is 12.5. The Labute approximate surface area is 111 Å². The van der Waals surface area contributed by atoms with Crippen LogP contribution in [0.2, 0.25) is 0 Å². The van der Waals surface area contributed by atoms with Crippen molar-refractivity contribution in [3.05, 3.63) is 12.2 Å². The lowest BCUT2D eigenvalue weighted by molar-refractivity contribution is -0.140. The van der Waals surface area contributed by atoms with Crippen LogP contribution in [0, 0.1) is 0 Å². The molecule has 18 heavy (non-hydrogen) atoms. The van der Waals surface area contributed by atoms with Gasteiger partial charge < -0.3 is 9.84 Å². The van der Waals surface area contributed by atoms with Gasteiger partial charge in [0.1, 0.15) is 0 Å². The average molecular weight is 256 g/mol. The lowest BCUT2D eigenvalue weighted by Gasteiger charge is -2.06. The second kappa shape index (κ2) is 12.6. The standard InChI is InChI=1S/C15H28O3/c1-3-4-8-11-14(16)12-9-6-5-7-10-13-15(17)18-2/h6,9,14,16H,3-5,7-8,10-13H2,1-2H3/b9-6+. The molecule has 0 saturated heterocycles. The van der Waals surface area contributed by atoms with E-state index in [0.29, 0.717) is 6.42 Å². The molecule has 0 aliphatic carbocycles. The summed E-state index contributed by atoms with van der Waals surface area (Å²) in [6, 6.07) is 0. The molecule has 1 unspecified atom stereocenters. The highest BCUT2D eigenvalue weighted by Crippen LogP contribution is 2.08. The van der Waals surface area contributed by atoms with Gasteiger partial charge in [-0.2, -0.15) is 0 Å². The normalized spacial score (nSPS) is 12.8. The second-order valence-corrected chi connectivity index (χ2v) is 4.68. The third-order valence-electron chi connectivity index (χ3n) is 2.95. The number of unbranched alkanes of at least 4 members (excludes halogenated alkanes) is 4. The van der Waals surface area contributed by atoms with Crippen LogP contribution in [-0.4, -0.2) is 24.3 Å². The maximum absolute atomic E-state index is 10.8. The molecule has 0 amide bonds. The van der Waals surface area contributed by atoms with Crippen LogP contribution in [0.1, 0.15) is 64.7 Å². The summed E-state index contributed by atoms with van der Waals surface area (Å²) < 4.78 is 4.57. The molecule has 3 nitrogen and oxygen atoms in total. The zero-order valence-electron chi connectivity index (χ0n) is 11.9. The Hall–Kier alpha value is -0.830. The summed E-state index contributed by atoms with van der Waals surface area (Å²) in [5, 5.41) is 9.67. The van der Waals surface area contributed by atoms with Crippen molar-refractivity contribution >= 4 is 5.97 Å². The molecule has 0 aromatic rings. The number of esters is 1. The van der Waals surface area contributed by atoms with Crippen molar-refractivity contribution in [1.82, 2.24) is 0 Å². The van der Waals surface area contributed by atoms with E-state index in [1.54, 1.807) is 0 Å². The fourth-order valence-corrected chi connectivity index (χ4v) is 1.75. The van der Waals surface area contributed by atoms with E-state index in [1.807, 2.05) is 0 Å². The van der Waals surface area contributed by atoms with E-state index < -0.39 is 0 Å². The average Bonchev–Trinajstić information content (AvgIpc) is 2.37. The molecule has 0 rings (SSSR count). The molecular formula is C15H28O3. The van der Waals surface area contributed by atoms with Crippen molar-refractivity contribution in [2.45, 2.75) is 70.8 Å². The summed E-state index contributed by atoms with van der Waals surface area (Å²) >= 11 is 0. The molecular weight excluding hydrogens is 228 g/mol. The van der Waals surface area contributed by atoms with Crippen LogP contribution in [0.25, 0.3) is 0 Å². The van der Waals surface area contributed by atoms with Crippen LogP contribution in [0.4, 0.5) is 0 Å². The molecule has 0 bridgehead atoms. The smallest absolute Gasteiger partial charge is 0.305 e. The van der Waals surface area contributed by atoms with Gasteiger partial charge in [0.2, 0.25) is 0 Å². The third kappa shape index (κ3) is 11.6. The number of rotatable bonds is 11. The van der Waals surface area contributed by atoms with Crippen LogP contribution in [0.5, 0.6) is 0 Å². The minimum absolute atomic E-state index is 0.134. The number of hydrogen-bond acceptors (Lipinski definition) is 3. The van der Waals surface area contributed by atoms with Gasteiger partial charge in [-0.25, -0.2) is 0 Å². The number of carbonyl (C=O) groups is 1. The van der Waals surface area contributed by atoms with E-state index in [2.05, 4.69) is 23.8 Å². The Morgan fingerprint density at radius 3 is 2.67 bits per heavy atom.